The summed E-state index contributed by atoms with van der Waals surface area (Å²) in [6.45, 7) is 18.5. The third kappa shape index (κ3) is 6.73. The van der Waals surface area contributed by atoms with Crippen LogP contribution in [0.4, 0.5) is 0 Å². The summed E-state index contributed by atoms with van der Waals surface area (Å²) in [5.41, 5.74) is 16.6. The zero-order valence-electron chi connectivity index (χ0n) is 31.6. The summed E-state index contributed by atoms with van der Waals surface area (Å²) in [4.78, 5) is 22.6. The van der Waals surface area contributed by atoms with Gasteiger partial charge in [0.25, 0.3) is 0 Å². The van der Waals surface area contributed by atoms with Crippen LogP contribution in [0.1, 0.15) is 100 Å². The lowest BCUT2D eigenvalue weighted by Gasteiger charge is -2.32. The molecule has 0 bridgehead atoms. The number of nitrogens with zero attached hydrogens (tertiary/aromatic N) is 4. The van der Waals surface area contributed by atoms with Crippen molar-refractivity contribution in [2.75, 3.05) is 13.1 Å². The number of allylic oxidation sites excluding steroid dienone is 7. The van der Waals surface area contributed by atoms with Crippen LogP contribution in [0.15, 0.2) is 109 Å². The number of aryl methyl sites for hydroxylation is 1. The van der Waals surface area contributed by atoms with Crippen LogP contribution in [-0.2, 0) is 13.0 Å². The number of likely N-dealkylation sites (tertiary alicyclic amines) is 1. The summed E-state index contributed by atoms with van der Waals surface area (Å²) in [5, 5.41) is 2.45. The summed E-state index contributed by atoms with van der Waals surface area (Å²) in [6, 6.07) is 16.0. The molecule has 0 amide bonds. The third-order valence-electron chi connectivity index (χ3n) is 11.5. The van der Waals surface area contributed by atoms with Gasteiger partial charge in [0.15, 0.2) is 0 Å². The zero-order chi connectivity index (χ0) is 36.5. The molecule has 5 aromatic rings. The summed E-state index contributed by atoms with van der Waals surface area (Å²) in [6.07, 6.45) is 21.2. The Morgan fingerprint density at radius 3 is 2.70 bits per heavy atom. The van der Waals surface area contributed by atoms with Crippen molar-refractivity contribution in [1.29, 1.82) is 0 Å². The fourth-order valence-corrected chi connectivity index (χ4v) is 8.82. The van der Waals surface area contributed by atoms with Gasteiger partial charge >= 0.3 is 0 Å². The Labute approximate surface area is 314 Å². The van der Waals surface area contributed by atoms with E-state index in [0.29, 0.717) is 0 Å². The first kappa shape index (κ1) is 34.7. The van der Waals surface area contributed by atoms with Crippen LogP contribution in [0, 0.1) is 5.92 Å². The smallest absolute Gasteiger partial charge is 0.130 e. The van der Waals surface area contributed by atoms with Crippen LogP contribution in [0.5, 0.6) is 0 Å². The highest BCUT2D eigenvalue weighted by Gasteiger charge is 2.32. The first-order valence-corrected chi connectivity index (χ1v) is 19.8. The monoisotopic (exact) mass is 700 g/mol. The first-order chi connectivity index (χ1) is 25.9. The van der Waals surface area contributed by atoms with Gasteiger partial charge in [-0.25, -0.2) is 9.97 Å². The highest BCUT2D eigenvalue weighted by molar-refractivity contribution is 6.05. The van der Waals surface area contributed by atoms with E-state index >= 15 is 0 Å². The maximum atomic E-state index is 5.18. The minimum atomic E-state index is 0.197. The molecule has 0 saturated carbocycles. The van der Waals surface area contributed by atoms with E-state index in [4.69, 9.17) is 9.97 Å². The largest absolute Gasteiger partial charge is 0.368 e. The summed E-state index contributed by atoms with van der Waals surface area (Å²) in [5.74, 6) is 2.33. The van der Waals surface area contributed by atoms with E-state index in [1.54, 1.807) is 0 Å². The van der Waals surface area contributed by atoms with Gasteiger partial charge in [-0.3, -0.25) is 0 Å². The number of rotatable bonds is 13. The molecule has 2 aliphatic carbocycles. The predicted octanol–water partition coefficient (Wildman–Crippen LogP) is 11.5. The second kappa shape index (κ2) is 15.0. The molecule has 3 heterocycles. The van der Waals surface area contributed by atoms with Crippen molar-refractivity contribution in [2.24, 2.45) is 5.92 Å². The topological polar surface area (TPSA) is 63.8 Å². The van der Waals surface area contributed by atoms with Crippen molar-refractivity contribution < 1.29 is 0 Å². The van der Waals surface area contributed by atoms with Crippen LogP contribution < -0.4 is 0 Å². The molecule has 6 heteroatoms. The van der Waals surface area contributed by atoms with E-state index in [1.165, 1.54) is 55.5 Å². The highest BCUT2D eigenvalue weighted by atomic mass is 15.2. The number of H-pyrrole nitrogens is 2. The number of aromatic nitrogens is 4. The standard InChI is InChI=1S/C47H52N6/c1-6-14-31(4)52(26-7-2)30-44-48-41-24-20-36-28-34(18-22-39(36)45(41)50-44)35-19-23-40-37(29-35)21-25-42-46(40)51-47(49-42)43-17-13-27-53(43)32(5)38(8-3)33-15-11-9-10-12-16-33/h9,11-12,15-16,19-21,23-25,28-29,38,43H,4-8,13-14,17-18,22,26-27,30H2,1-3H3,(H,48,50)(H,49,51). The molecule has 53 heavy (non-hydrogen) atoms. The van der Waals surface area contributed by atoms with Crippen LogP contribution in [0.3, 0.4) is 0 Å². The molecule has 2 aromatic heterocycles. The average Bonchev–Trinajstić information content (AvgIpc) is 3.89. The molecule has 1 aliphatic heterocycles. The Bertz CT molecular complexity index is 2370. The van der Waals surface area contributed by atoms with E-state index < -0.39 is 0 Å². The Hall–Kier alpha value is -5.32. The van der Waals surface area contributed by atoms with Gasteiger partial charge in [-0.1, -0.05) is 88.9 Å². The normalized spacial score (nSPS) is 17.3. The fourth-order valence-electron chi connectivity index (χ4n) is 8.82. The number of hydrogen-bond donors (Lipinski definition) is 2. The summed E-state index contributed by atoms with van der Waals surface area (Å²) < 4.78 is 0. The Morgan fingerprint density at radius 1 is 0.981 bits per heavy atom. The number of aromatic amines is 2. The Morgan fingerprint density at radius 2 is 1.85 bits per heavy atom. The molecule has 6 nitrogen and oxygen atoms in total. The SMILES string of the molecule is C=C(CCC)N(CCC)Cc1nc2ccc3c(c2[nH]1)CCC(c1ccc2c(ccc4nc(C5CCCN5C(=C)C(CC)C5=CC=C=CC=C5)[nH]c42)c1)=C3. The van der Waals surface area contributed by atoms with Crippen molar-refractivity contribution in [1.82, 2.24) is 29.7 Å². The molecule has 270 valence electrons. The van der Waals surface area contributed by atoms with Crippen molar-refractivity contribution in [3.8, 4) is 0 Å². The molecule has 8 rings (SSSR count). The lowest BCUT2D eigenvalue weighted by Crippen LogP contribution is -2.27. The van der Waals surface area contributed by atoms with Gasteiger partial charge in [0.1, 0.15) is 11.6 Å². The van der Waals surface area contributed by atoms with E-state index in [1.807, 2.05) is 12.2 Å². The minimum absolute atomic E-state index is 0.197. The number of imidazole rings is 2. The van der Waals surface area contributed by atoms with Gasteiger partial charge in [-0.2, -0.15) is 0 Å². The molecule has 1 saturated heterocycles. The number of benzene rings is 3. The van der Waals surface area contributed by atoms with Crippen LogP contribution >= 0.6 is 0 Å². The van der Waals surface area contributed by atoms with Crippen molar-refractivity contribution >= 4 is 44.5 Å². The molecule has 1 fully saturated rings. The van der Waals surface area contributed by atoms with Gasteiger partial charge in [-0.05, 0) is 109 Å². The Kier molecular flexibility index (Phi) is 9.81. The second-order valence-corrected chi connectivity index (χ2v) is 15.0. The quantitative estimate of drug-likeness (QED) is 0.120. The lowest BCUT2D eigenvalue weighted by atomic mass is 9.87. The van der Waals surface area contributed by atoms with Crippen molar-refractivity contribution in [3.63, 3.8) is 0 Å². The van der Waals surface area contributed by atoms with Crippen LogP contribution in [0.2, 0.25) is 0 Å². The van der Waals surface area contributed by atoms with Crippen LogP contribution in [0.25, 0.3) is 44.5 Å². The second-order valence-electron chi connectivity index (χ2n) is 15.0. The maximum Gasteiger partial charge on any atom is 0.130 e. The van der Waals surface area contributed by atoms with Gasteiger partial charge < -0.3 is 19.8 Å². The maximum absolute atomic E-state index is 5.18. The molecule has 0 radical (unpaired) electrons. The van der Waals surface area contributed by atoms with Gasteiger partial charge in [-0.15, -0.1) is 5.73 Å². The van der Waals surface area contributed by atoms with Crippen molar-refractivity contribution in [2.45, 2.75) is 84.7 Å². The molecule has 3 aromatic carbocycles. The number of nitrogens with one attached hydrogen (secondary N) is 2. The Balaban J connectivity index is 1.04. The van der Waals surface area contributed by atoms with Crippen molar-refractivity contribution in [3.05, 3.63) is 137 Å². The average molecular weight is 701 g/mol. The summed E-state index contributed by atoms with van der Waals surface area (Å²) in [7, 11) is 0. The fraction of sp³-hybridized carbons (Fsp3) is 0.340. The molecule has 3 aliphatic rings. The van der Waals surface area contributed by atoms with E-state index in [0.717, 1.165) is 99.2 Å². The molecule has 2 atom stereocenters. The third-order valence-corrected chi connectivity index (χ3v) is 11.5. The van der Waals surface area contributed by atoms with Gasteiger partial charge in [0, 0.05) is 35.8 Å². The molecule has 0 spiro atoms. The first-order valence-electron chi connectivity index (χ1n) is 19.8. The molecule has 2 unspecified atom stereocenters. The van der Waals surface area contributed by atoms with E-state index in [-0.39, 0.29) is 12.0 Å². The highest BCUT2D eigenvalue weighted by Crippen LogP contribution is 2.40. The zero-order valence-corrected chi connectivity index (χ0v) is 31.6. The van der Waals surface area contributed by atoms with Gasteiger partial charge in [0.05, 0.1) is 34.7 Å². The van der Waals surface area contributed by atoms with Gasteiger partial charge in [0.2, 0.25) is 0 Å². The molecular formula is C47H52N6. The number of hydrogen-bond acceptors (Lipinski definition) is 4. The van der Waals surface area contributed by atoms with E-state index in [2.05, 4.69) is 126 Å². The predicted molar refractivity (Wildman–Crippen MR) is 222 cm³/mol. The summed E-state index contributed by atoms with van der Waals surface area (Å²) >= 11 is 0. The lowest BCUT2D eigenvalue weighted by molar-refractivity contribution is 0.288. The number of fused-ring (bicyclic) bond motifs is 6. The molecule has 2 N–H and O–H groups in total. The minimum Gasteiger partial charge on any atom is -0.368 e. The van der Waals surface area contributed by atoms with E-state index in [9.17, 15) is 0 Å². The molecular weight excluding hydrogens is 649 g/mol. The van der Waals surface area contributed by atoms with Crippen LogP contribution in [-0.4, -0.2) is 42.8 Å².